The first-order chi connectivity index (χ1) is 7.83. The average molecular weight is 259 g/mol. The molecule has 0 saturated heterocycles. The fourth-order valence-corrected chi connectivity index (χ4v) is 1.88. The zero-order chi connectivity index (χ0) is 12.2. The normalized spacial score (nSPS) is 14.5. The Morgan fingerprint density at radius 1 is 1.31 bits per heavy atom. The molecule has 1 heterocycles. The fraction of sp³-hybridized carbons (Fsp3) is 0.583. The molecular formula is C12H21NOS2. The number of aliphatic hydroxyl groups excluding tert-OH is 1. The molecule has 0 aromatic carbocycles. The monoisotopic (exact) mass is 259 g/mol. The van der Waals surface area contributed by atoms with Crippen molar-refractivity contribution in [1.82, 2.24) is 4.98 Å². The molecule has 16 heavy (non-hydrogen) atoms. The van der Waals surface area contributed by atoms with Crippen molar-refractivity contribution in [2.24, 2.45) is 0 Å². The highest BCUT2D eigenvalue weighted by atomic mass is 33.1. The number of hydrogen-bond acceptors (Lipinski definition) is 4. The van der Waals surface area contributed by atoms with Gasteiger partial charge in [0, 0.05) is 6.20 Å². The maximum absolute atomic E-state index is 8.73. The van der Waals surface area contributed by atoms with Crippen LogP contribution in [0, 0.1) is 0 Å². The van der Waals surface area contributed by atoms with E-state index in [1.807, 2.05) is 32.0 Å². The lowest BCUT2D eigenvalue weighted by Gasteiger charge is -1.91. The second kappa shape index (κ2) is 11.3. The lowest BCUT2D eigenvalue weighted by molar-refractivity contribution is 0.183. The molecule has 1 aliphatic carbocycles. The molecule has 0 spiro atoms. The van der Waals surface area contributed by atoms with Crippen LogP contribution in [0.4, 0.5) is 0 Å². The Hall–Kier alpha value is -0.190. The van der Waals surface area contributed by atoms with Gasteiger partial charge in [0.1, 0.15) is 5.03 Å². The van der Waals surface area contributed by atoms with Gasteiger partial charge in [0.25, 0.3) is 0 Å². The Bertz CT molecular complexity index is 238. The van der Waals surface area contributed by atoms with Crippen LogP contribution < -0.4 is 0 Å². The molecule has 0 radical (unpaired) electrons. The smallest absolute Gasteiger partial charge is 0.106 e. The molecule has 1 fully saturated rings. The third-order valence-electron chi connectivity index (χ3n) is 2.06. The summed E-state index contributed by atoms with van der Waals surface area (Å²) in [6, 6.07) is 5.73. The largest absolute Gasteiger partial charge is 0.393 e. The van der Waals surface area contributed by atoms with Crippen LogP contribution in [0.5, 0.6) is 0 Å². The van der Waals surface area contributed by atoms with Crippen LogP contribution in [-0.4, -0.2) is 16.2 Å². The third kappa shape index (κ3) is 8.02. The van der Waals surface area contributed by atoms with E-state index in [-0.39, 0.29) is 6.10 Å². The first kappa shape index (κ1) is 15.8. The molecule has 1 aliphatic rings. The average Bonchev–Trinajstić information content (AvgIpc) is 2.85. The van der Waals surface area contributed by atoms with Crippen molar-refractivity contribution >= 4 is 22.5 Å². The standard InChI is InChI=1S/C5H5NS2.C5H10O.C2H6/c7-8-5-3-1-2-4-6-5;6-5-3-1-2-4-5;1-2/h1-4,7H;5-6H,1-4H2;1-2H3. The van der Waals surface area contributed by atoms with Gasteiger partial charge in [-0.15, -0.1) is 11.7 Å². The van der Waals surface area contributed by atoms with Crippen molar-refractivity contribution in [3.8, 4) is 0 Å². The third-order valence-corrected chi connectivity index (χ3v) is 3.05. The van der Waals surface area contributed by atoms with Gasteiger partial charge in [-0.1, -0.05) is 32.8 Å². The molecule has 1 N–H and O–H groups in total. The molecule has 1 aromatic rings. The maximum Gasteiger partial charge on any atom is 0.106 e. The Morgan fingerprint density at radius 3 is 2.19 bits per heavy atom. The van der Waals surface area contributed by atoms with E-state index in [4.69, 9.17) is 5.11 Å². The van der Waals surface area contributed by atoms with Crippen molar-refractivity contribution in [3.05, 3.63) is 24.4 Å². The minimum Gasteiger partial charge on any atom is -0.393 e. The topological polar surface area (TPSA) is 33.1 Å². The molecule has 0 bridgehead atoms. The Morgan fingerprint density at radius 2 is 1.94 bits per heavy atom. The molecule has 92 valence electrons. The molecule has 2 rings (SSSR count). The van der Waals surface area contributed by atoms with Gasteiger partial charge < -0.3 is 5.11 Å². The molecule has 0 unspecified atom stereocenters. The Balaban J connectivity index is 0.000000251. The minimum absolute atomic E-state index is 0.0463. The second-order valence-electron chi connectivity index (χ2n) is 3.20. The molecule has 1 saturated carbocycles. The zero-order valence-electron chi connectivity index (χ0n) is 9.97. The van der Waals surface area contributed by atoms with E-state index < -0.39 is 0 Å². The van der Waals surface area contributed by atoms with E-state index in [1.165, 1.54) is 23.6 Å². The summed E-state index contributed by atoms with van der Waals surface area (Å²) in [5.41, 5.74) is 0. The molecule has 0 amide bonds. The van der Waals surface area contributed by atoms with Gasteiger partial charge in [-0.25, -0.2) is 4.98 Å². The molecule has 4 heteroatoms. The van der Waals surface area contributed by atoms with Gasteiger partial charge in [0.05, 0.1) is 6.10 Å². The first-order valence-corrected chi connectivity index (χ1v) is 7.60. The van der Waals surface area contributed by atoms with Crippen molar-refractivity contribution in [3.63, 3.8) is 0 Å². The van der Waals surface area contributed by atoms with Crippen molar-refractivity contribution < 1.29 is 5.11 Å². The number of pyridine rings is 1. The van der Waals surface area contributed by atoms with Crippen LogP contribution in [-0.2, 0) is 0 Å². The first-order valence-electron chi connectivity index (χ1n) is 5.73. The Kier molecular flexibility index (Phi) is 11.2. The number of rotatable bonds is 1. The number of aromatic nitrogens is 1. The van der Waals surface area contributed by atoms with Gasteiger partial charge in [0.15, 0.2) is 0 Å². The highest BCUT2D eigenvalue weighted by molar-refractivity contribution is 8.68. The lowest BCUT2D eigenvalue weighted by atomic mass is 10.3. The van der Waals surface area contributed by atoms with E-state index in [1.54, 1.807) is 6.20 Å². The van der Waals surface area contributed by atoms with E-state index in [9.17, 15) is 0 Å². The van der Waals surface area contributed by atoms with Crippen LogP contribution >= 0.6 is 22.5 Å². The summed E-state index contributed by atoms with van der Waals surface area (Å²) in [5, 5.41) is 9.67. The van der Waals surface area contributed by atoms with Gasteiger partial charge in [-0.2, -0.15) is 0 Å². The predicted molar refractivity (Wildman–Crippen MR) is 74.9 cm³/mol. The number of nitrogens with zero attached hydrogens (tertiary/aromatic N) is 1. The number of hydrogen-bond donors (Lipinski definition) is 2. The molecule has 2 nitrogen and oxygen atoms in total. The summed E-state index contributed by atoms with van der Waals surface area (Å²) in [6.07, 6.45) is 6.35. The van der Waals surface area contributed by atoms with Gasteiger partial charge in [-0.3, -0.25) is 0 Å². The summed E-state index contributed by atoms with van der Waals surface area (Å²) in [5.74, 6) is 0. The van der Waals surface area contributed by atoms with E-state index in [0.29, 0.717) is 0 Å². The van der Waals surface area contributed by atoms with Crippen molar-refractivity contribution in [2.45, 2.75) is 50.7 Å². The van der Waals surface area contributed by atoms with Gasteiger partial charge in [-0.05, 0) is 35.8 Å². The van der Waals surface area contributed by atoms with E-state index in [0.717, 1.165) is 17.9 Å². The fourth-order valence-electron chi connectivity index (χ4n) is 1.31. The molecule has 0 atom stereocenters. The van der Waals surface area contributed by atoms with Crippen LogP contribution in [0.1, 0.15) is 39.5 Å². The maximum atomic E-state index is 8.73. The van der Waals surface area contributed by atoms with Crippen LogP contribution in [0.3, 0.4) is 0 Å². The van der Waals surface area contributed by atoms with Crippen LogP contribution in [0.15, 0.2) is 29.4 Å². The summed E-state index contributed by atoms with van der Waals surface area (Å²) >= 11 is 3.96. The molecule has 0 aliphatic heterocycles. The summed E-state index contributed by atoms with van der Waals surface area (Å²) < 4.78 is 0. The summed E-state index contributed by atoms with van der Waals surface area (Å²) in [7, 11) is 1.35. The number of thiol groups is 1. The molecule has 1 aromatic heterocycles. The zero-order valence-corrected chi connectivity index (χ0v) is 11.7. The number of aliphatic hydroxyl groups is 1. The van der Waals surface area contributed by atoms with E-state index >= 15 is 0 Å². The highest BCUT2D eigenvalue weighted by Gasteiger charge is 2.09. The second-order valence-corrected chi connectivity index (χ2v) is 4.35. The lowest BCUT2D eigenvalue weighted by Crippen LogP contribution is -1.94. The van der Waals surface area contributed by atoms with E-state index in [2.05, 4.69) is 16.6 Å². The summed E-state index contributed by atoms with van der Waals surface area (Å²) in [6.45, 7) is 4.00. The van der Waals surface area contributed by atoms with Crippen LogP contribution in [0.25, 0.3) is 0 Å². The molecular weight excluding hydrogens is 238 g/mol. The van der Waals surface area contributed by atoms with Gasteiger partial charge >= 0.3 is 0 Å². The van der Waals surface area contributed by atoms with Crippen molar-refractivity contribution in [1.29, 1.82) is 0 Å². The highest BCUT2D eigenvalue weighted by Crippen LogP contribution is 2.16. The quantitative estimate of drug-likeness (QED) is 0.591. The van der Waals surface area contributed by atoms with Crippen LogP contribution in [0.2, 0.25) is 0 Å². The summed E-state index contributed by atoms with van der Waals surface area (Å²) in [4.78, 5) is 3.98. The Labute approximate surface area is 108 Å². The van der Waals surface area contributed by atoms with Gasteiger partial charge in [0.2, 0.25) is 0 Å². The van der Waals surface area contributed by atoms with Crippen molar-refractivity contribution in [2.75, 3.05) is 0 Å². The minimum atomic E-state index is 0.0463. The SMILES string of the molecule is CC.OC1CCCC1.SSc1ccccn1. The predicted octanol–water partition coefficient (Wildman–Crippen LogP) is 3.97.